The maximum Gasteiger partial charge on any atom is 0.269 e. The van der Waals surface area contributed by atoms with Gasteiger partial charge in [-0.2, -0.15) is 0 Å². The Kier molecular flexibility index (Phi) is 7.37. The van der Waals surface area contributed by atoms with E-state index in [0.29, 0.717) is 11.6 Å². The highest BCUT2D eigenvalue weighted by atomic mass is 16.2. The van der Waals surface area contributed by atoms with Crippen molar-refractivity contribution in [2.24, 2.45) is 0 Å². The molecule has 0 bridgehead atoms. The number of nitrogens with one attached hydrogen (secondary N) is 1. The fourth-order valence-corrected chi connectivity index (χ4v) is 4.77. The van der Waals surface area contributed by atoms with Crippen LogP contribution in [0.2, 0.25) is 0 Å². The summed E-state index contributed by atoms with van der Waals surface area (Å²) in [5.74, 6) is 0.411. The Morgan fingerprint density at radius 1 is 0.963 bits per heavy atom. The van der Waals surface area contributed by atoms with Crippen molar-refractivity contribution >= 4 is 13.8 Å². The summed E-state index contributed by atoms with van der Waals surface area (Å²) in [4.78, 5) is 17.7. The van der Waals surface area contributed by atoms with Gasteiger partial charge in [-0.05, 0) is 44.2 Å². The lowest BCUT2D eigenvalue weighted by Crippen LogP contribution is -2.49. The topological polar surface area (TPSA) is 42.0 Å². The van der Waals surface area contributed by atoms with Crippen molar-refractivity contribution in [1.29, 1.82) is 0 Å². The van der Waals surface area contributed by atoms with Crippen molar-refractivity contribution in [2.75, 3.05) is 0 Å². The molecule has 1 N–H and O–H groups in total. The van der Waals surface area contributed by atoms with Gasteiger partial charge in [-0.1, -0.05) is 70.3 Å². The molecule has 3 rings (SSSR count). The molecule has 4 heteroatoms. The van der Waals surface area contributed by atoms with E-state index in [1.807, 2.05) is 6.07 Å². The highest BCUT2D eigenvalue weighted by Crippen LogP contribution is 2.34. The normalized spacial score (nSPS) is 22.1. The number of aromatic nitrogens is 1. The number of pyridine rings is 1. The zero-order chi connectivity index (χ0) is 19.1. The number of amides is 1. The van der Waals surface area contributed by atoms with Crippen LogP contribution in [0.3, 0.4) is 0 Å². The van der Waals surface area contributed by atoms with Crippen LogP contribution in [0.1, 0.15) is 118 Å². The maximum atomic E-state index is 13.0. The van der Waals surface area contributed by atoms with E-state index in [9.17, 15) is 4.79 Å². The van der Waals surface area contributed by atoms with Crippen LogP contribution in [0.4, 0.5) is 0 Å². The minimum atomic E-state index is -0.596. The van der Waals surface area contributed by atoms with Gasteiger partial charge in [0, 0.05) is 17.1 Å². The Morgan fingerprint density at radius 2 is 1.52 bits per heavy atom. The van der Waals surface area contributed by atoms with E-state index < -0.39 is 5.44 Å². The van der Waals surface area contributed by atoms with Gasteiger partial charge in [0.15, 0.2) is 0 Å². The first-order valence-electron chi connectivity index (χ1n) is 11.2. The van der Waals surface area contributed by atoms with Crippen molar-refractivity contribution in [3.8, 4) is 0 Å². The van der Waals surface area contributed by atoms with Crippen LogP contribution in [-0.2, 0) is 0 Å². The first-order valence-corrected chi connectivity index (χ1v) is 11.2. The van der Waals surface area contributed by atoms with Crippen LogP contribution in [0.5, 0.6) is 0 Å². The summed E-state index contributed by atoms with van der Waals surface area (Å²) in [6, 6.07) is 3.91. The molecule has 146 valence electrons. The summed E-state index contributed by atoms with van der Waals surface area (Å²) < 4.78 is 0. The Balaban J connectivity index is 1.69. The Morgan fingerprint density at radius 3 is 2.11 bits per heavy atom. The van der Waals surface area contributed by atoms with Crippen molar-refractivity contribution in [3.05, 3.63) is 29.1 Å². The van der Waals surface area contributed by atoms with E-state index in [-0.39, 0.29) is 5.91 Å². The second kappa shape index (κ2) is 9.75. The molecular formula is C23H35BN2O. The third kappa shape index (κ3) is 5.83. The first kappa shape index (κ1) is 20.4. The van der Waals surface area contributed by atoms with Gasteiger partial charge in [-0.3, -0.25) is 4.79 Å². The van der Waals surface area contributed by atoms with E-state index in [4.69, 9.17) is 12.8 Å². The lowest BCUT2D eigenvalue weighted by molar-refractivity contribution is 0.0914. The molecule has 27 heavy (non-hydrogen) atoms. The van der Waals surface area contributed by atoms with E-state index in [0.717, 1.165) is 31.4 Å². The van der Waals surface area contributed by atoms with Crippen LogP contribution < -0.4 is 5.32 Å². The zero-order valence-corrected chi connectivity index (χ0v) is 17.1. The highest BCUT2D eigenvalue weighted by molar-refractivity contribution is 6.17. The monoisotopic (exact) mass is 366 g/mol. The minimum Gasteiger partial charge on any atom is -0.354 e. The molecule has 2 aliphatic carbocycles. The standard InChI is InChI=1S/C23H35BN2O/c1-18-14-15-20(25-21(18)19-12-8-9-13-19)22(27)26-23(24)16-10-6-4-2-3-5-7-11-17-23/h14-15,19H,2-13,16-17H2,1H3,(H,26,27). The van der Waals surface area contributed by atoms with Gasteiger partial charge in [-0.25, -0.2) is 4.98 Å². The molecule has 0 atom stereocenters. The van der Waals surface area contributed by atoms with E-state index >= 15 is 0 Å². The van der Waals surface area contributed by atoms with Crippen LogP contribution >= 0.6 is 0 Å². The van der Waals surface area contributed by atoms with Gasteiger partial charge in [0.2, 0.25) is 0 Å². The molecule has 2 radical (unpaired) electrons. The molecule has 0 spiro atoms. The van der Waals surface area contributed by atoms with E-state index in [2.05, 4.69) is 18.3 Å². The Hall–Kier alpha value is -1.32. The number of hydrogen-bond donors (Lipinski definition) is 1. The third-order valence-corrected chi connectivity index (χ3v) is 6.47. The fraction of sp³-hybridized carbons (Fsp3) is 0.739. The van der Waals surface area contributed by atoms with Crippen LogP contribution in [0.15, 0.2) is 12.1 Å². The van der Waals surface area contributed by atoms with E-state index in [1.165, 1.54) is 69.8 Å². The molecule has 1 aromatic rings. The molecular weight excluding hydrogens is 331 g/mol. The highest BCUT2D eigenvalue weighted by Gasteiger charge is 2.27. The predicted octanol–water partition coefficient (Wildman–Crippen LogP) is 5.56. The van der Waals surface area contributed by atoms with Crippen molar-refractivity contribution < 1.29 is 4.79 Å². The van der Waals surface area contributed by atoms with Gasteiger partial charge in [-0.15, -0.1) is 0 Å². The van der Waals surface area contributed by atoms with Gasteiger partial charge < -0.3 is 5.32 Å². The summed E-state index contributed by atoms with van der Waals surface area (Å²) in [7, 11) is 6.67. The van der Waals surface area contributed by atoms with Crippen molar-refractivity contribution in [2.45, 2.75) is 108 Å². The van der Waals surface area contributed by atoms with Crippen LogP contribution in [0.25, 0.3) is 0 Å². The van der Waals surface area contributed by atoms with Crippen molar-refractivity contribution in [3.63, 3.8) is 0 Å². The fourth-order valence-electron chi connectivity index (χ4n) is 4.77. The zero-order valence-electron chi connectivity index (χ0n) is 17.1. The van der Waals surface area contributed by atoms with Crippen LogP contribution in [-0.4, -0.2) is 24.2 Å². The summed E-state index contributed by atoms with van der Waals surface area (Å²) in [6.45, 7) is 2.11. The number of carbonyl (C=O) groups is 1. The maximum absolute atomic E-state index is 13.0. The molecule has 1 aromatic heterocycles. The lowest BCUT2D eigenvalue weighted by atomic mass is 9.70. The number of rotatable bonds is 3. The average Bonchev–Trinajstić information content (AvgIpc) is 3.16. The van der Waals surface area contributed by atoms with E-state index in [1.54, 1.807) is 0 Å². The Labute approximate surface area is 166 Å². The molecule has 0 aromatic carbocycles. The summed E-state index contributed by atoms with van der Waals surface area (Å²) in [5.41, 5.74) is 2.26. The molecule has 2 fully saturated rings. The van der Waals surface area contributed by atoms with Crippen molar-refractivity contribution in [1.82, 2.24) is 10.3 Å². The minimum absolute atomic E-state index is 0.105. The number of carbonyl (C=O) groups excluding carboxylic acids is 1. The molecule has 2 aliphatic rings. The smallest absolute Gasteiger partial charge is 0.269 e. The first-order chi connectivity index (χ1) is 13.1. The van der Waals surface area contributed by atoms with Crippen LogP contribution in [0, 0.1) is 6.92 Å². The second-order valence-corrected chi connectivity index (χ2v) is 8.82. The number of nitrogens with zero attached hydrogens (tertiary/aromatic N) is 1. The number of aryl methyl sites for hydroxylation is 1. The largest absolute Gasteiger partial charge is 0.354 e. The molecule has 0 unspecified atom stereocenters. The average molecular weight is 366 g/mol. The summed E-state index contributed by atoms with van der Waals surface area (Å²) in [5, 5.41) is 3.16. The van der Waals surface area contributed by atoms with Gasteiger partial charge in [0.25, 0.3) is 5.91 Å². The quantitative estimate of drug-likeness (QED) is 0.712. The van der Waals surface area contributed by atoms with Gasteiger partial charge >= 0.3 is 0 Å². The molecule has 3 nitrogen and oxygen atoms in total. The van der Waals surface area contributed by atoms with Gasteiger partial charge in [0.1, 0.15) is 13.5 Å². The number of hydrogen-bond acceptors (Lipinski definition) is 2. The molecule has 1 heterocycles. The lowest BCUT2D eigenvalue weighted by Gasteiger charge is -2.32. The SMILES string of the molecule is [B]C1(NC(=O)c2ccc(C)c(C3CCCC3)n2)CCCCCCCCCC1. The second-order valence-electron chi connectivity index (χ2n) is 8.82. The predicted molar refractivity (Wildman–Crippen MR) is 112 cm³/mol. The third-order valence-electron chi connectivity index (χ3n) is 6.47. The molecule has 0 aliphatic heterocycles. The van der Waals surface area contributed by atoms with Gasteiger partial charge in [0.05, 0.1) is 0 Å². The molecule has 0 saturated heterocycles. The summed E-state index contributed by atoms with van der Waals surface area (Å²) in [6.07, 6.45) is 16.5. The summed E-state index contributed by atoms with van der Waals surface area (Å²) >= 11 is 0. The molecule has 1 amide bonds. The Bertz CT molecular complexity index is 613. The molecule has 2 saturated carbocycles.